The zero-order valence-corrected chi connectivity index (χ0v) is 45.1. The van der Waals surface area contributed by atoms with Crippen molar-refractivity contribution in [3.63, 3.8) is 0 Å². The molecule has 0 unspecified atom stereocenters. The van der Waals surface area contributed by atoms with Crippen LogP contribution in [0.4, 0.5) is 33.3 Å². The summed E-state index contributed by atoms with van der Waals surface area (Å²) in [6.07, 6.45) is 3.58. The summed E-state index contributed by atoms with van der Waals surface area (Å²) < 4.78 is 125. The number of hydrogen-bond donors (Lipinski definition) is 4. The van der Waals surface area contributed by atoms with Crippen molar-refractivity contribution in [2.45, 2.75) is 117 Å². The van der Waals surface area contributed by atoms with Crippen molar-refractivity contribution in [3.05, 3.63) is 102 Å². The minimum atomic E-state index is -6.15. The lowest BCUT2D eigenvalue weighted by Crippen LogP contribution is -2.47. The Morgan fingerprint density at radius 2 is 1.59 bits per heavy atom. The van der Waals surface area contributed by atoms with Crippen LogP contribution in [0.25, 0.3) is 0 Å². The normalized spacial score (nSPS) is 18.2. The van der Waals surface area contributed by atoms with Gasteiger partial charge in [0.25, 0.3) is 25.8 Å². The van der Waals surface area contributed by atoms with E-state index in [0.717, 1.165) is 59.5 Å². The zero-order chi connectivity index (χ0) is 54.6. The third-order valence-corrected chi connectivity index (χ3v) is 18.1. The largest absolute Gasteiger partial charge is 0.501 e. The van der Waals surface area contributed by atoms with Crippen molar-refractivity contribution in [2.75, 3.05) is 74.9 Å². The Labute approximate surface area is 442 Å². The third-order valence-electron chi connectivity index (χ3n) is 14.0. The molecule has 22 heteroatoms. The van der Waals surface area contributed by atoms with Crippen LogP contribution in [-0.4, -0.2) is 127 Å². The summed E-state index contributed by atoms with van der Waals surface area (Å²) in [5.74, 6) is -1.56. The summed E-state index contributed by atoms with van der Waals surface area (Å²) in [5, 5.41) is 5.91. The molecule has 75 heavy (non-hydrogen) atoms. The standard InChI is InChI=1S/C53H70F5N7O7S3/c1-37(13-20-48(54)55)45-33-52(2,3)24-21-39(45)34-64-28-30-65(31-29-64)42-16-14-38(15-17-42)51(68)62-75(71,72)44-18-19-46(47(32-44)74(69,70)53(56,57)58)61-41(36-73-43-10-6-4-7-11-43)23-27-63-26-22-40(35-63)50(67)60-25-9-5-8-12-49(59)66/h4,6-7,10-11,14-19,32,40-41,48,61H,1,5,8-9,12-13,20-31,33-36H2,2-3H3,(H2,59,66)(H,60,67)(H,62,68)/t40-,41+/m0/s1. The fourth-order valence-electron chi connectivity index (χ4n) is 9.63. The van der Waals surface area contributed by atoms with Gasteiger partial charge >= 0.3 is 5.51 Å². The number of allylic oxidation sites excluding steroid dienone is 2. The van der Waals surface area contributed by atoms with E-state index in [9.17, 15) is 53.2 Å². The molecule has 2 heterocycles. The van der Waals surface area contributed by atoms with Crippen molar-refractivity contribution in [2.24, 2.45) is 17.1 Å². The fraction of sp³-hybridized carbons (Fsp3) is 0.528. The molecule has 3 aliphatic rings. The highest BCUT2D eigenvalue weighted by molar-refractivity contribution is 7.99. The van der Waals surface area contributed by atoms with Crippen molar-refractivity contribution >= 4 is 60.7 Å². The average molecular weight is 1110 g/mol. The lowest BCUT2D eigenvalue weighted by molar-refractivity contribution is -0.124. The number of carbonyl (C=O) groups is 3. The van der Waals surface area contributed by atoms with Gasteiger partial charge in [-0.3, -0.25) is 19.3 Å². The lowest BCUT2D eigenvalue weighted by Gasteiger charge is -2.39. The highest BCUT2D eigenvalue weighted by Gasteiger charge is 2.48. The molecule has 412 valence electrons. The van der Waals surface area contributed by atoms with Crippen LogP contribution in [0.2, 0.25) is 0 Å². The Bertz CT molecular complexity index is 2720. The predicted molar refractivity (Wildman–Crippen MR) is 283 cm³/mol. The maximum atomic E-state index is 14.3. The van der Waals surface area contributed by atoms with Crippen LogP contribution in [-0.2, 0) is 29.4 Å². The number of rotatable bonds is 26. The highest BCUT2D eigenvalue weighted by atomic mass is 32.2. The van der Waals surface area contributed by atoms with Gasteiger partial charge in [-0.25, -0.2) is 30.3 Å². The number of nitrogens with one attached hydrogen (secondary N) is 3. The second kappa shape index (κ2) is 26.3. The van der Waals surface area contributed by atoms with E-state index in [1.54, 1.807) is 12.1 Å². The number of benzene rings is 3. The van der Waals surface area contributed by atoms with Gasteiger partial charge in [0.1, 0.15) is 4.90 Å². The van der Waals surface area contributed by atoms with Gasteiger partial charge in [0.2, 0.25) is 18.2 Å². The maximum absolute atomic E-state index is 14.3. The minimum absolute atomic E-state index is 0.0569. The monoisotopic (exact) mass is 1110 g/mol. The van der Waals surface area contributed by atoms with Crippen LogP contribution in [0.3, 0.4) is 0 Å². The molecule has 2 fully saturated rings. The molecular formula is C53H70F5N7O7S3. The van der Waals surface area contributed by atoms with Gasteiger partial charge in [-0.2, -0.15) is 13.2 Å². The lowest BCUT2D eigenvalue weighted by atomic mass is 9.72. The number of nitrogens with zero attached hydrogens (tertiary/aromatic N) is 3. The van der Waals surface area contributed by atoms with Gasteiger partial charge in [-0.05, 0) is 123 Å². The molecule has 1 aliphatic carbocycles. The smallest absolute Gasteiger partial charge is 0.380 e. The molecule has 0 aromatic heterocycles. The molecule has 0 spiro atoms. The Morgan fingerprint density at radius 3 is 2.25 bits per heavy atom. The van der Waals surface area contributed by atoms with E-state index in [1.807, 2.05) is 35.1 Å². The molecule has 3 aromatic rings. The average Bonchev–Trinajstić information content (AvgIpc) is 3.85. The van der Waals surface area contributed by atoms with E-state index in [-0.39, 0.29) is 53.7 Å². The van der Waals surface area contributed by atoms with E-state index >= 15 is 0 Å². The summed E-state index contributed by atoms with van der Waals surface area (Å²) in [5.41, 5.74) is 2.80. The van der Waals surface area contributed by atoms with Crippen molar-refractivity contribution in [3.8, 4) is 0 Å². The fourth-order valence-corrected chi connectivity index (χ4v) is 12.6. The van der Waals surface area contributed by atoms with E-state index in [0.29, 0.717) is 90.7 Å². The van der Waals surface area contributed by atoms with Crippen LogP contribution >= 0.6 is 11.8 Å². The van der Waals surface area contributed by atoms with E-state index in [2.05, 4.69) is 45.8 Å². The second-order valence-electron chi connectivity index (χ2n) is 20.4. The molecular weight excluding hydrogens is 1040 g/mol. The van der Waals surface area contributed by atoms with Crippen LogP contribution in [0.15, 0.2) is 111 Å². The van der Waals surface area contributed by atoms with E-state index < -0.39 is 59.2 Å². The van der Waals surface area contributed by atoms with Gasteiger partial charge in [-0.15, -0.1) is 11.8 Å². The SMILES string of the molecule is C=C(CCC(F)F)C1=C(CN2CCN(c3ccc(C(=O)NS(=O)(=O)c4ccc(N[C@H](CCN5CC[C@H](C(=O)NCCCCCC(N)=O)C5)CSc5ccccc5)c(S(=O)(=O)C(F)(F)F)c4)cc3)CC2)CCC(C)(C)C1. The first-order valence-electron chi connectivity index (χ1n) is 25.4. The Hall–Kier alpha value is -5.03. The maximum Gasteiger partial charge on any atom is 0.501 e. The van der Waals surface area contributed by atoms with E-state index in [1.165, 1.54) is 29.5 Å². The minimum Gasteiger partial charge on any atom is -0.380 e. The molecule has 6 rings (SSSR count). The van der Waals surface area contributed by atoms with Gasteiger partial charge in [-0.1, -0.05) is 56.2 Å². The Morgan fingerprint density at radius 1 is 0.880 bits per heavy atom. The van der Waals surface area contributed by atoms with Gasteiger partial charge in [0.05, 0.1) is 16.5 Å². The predicted octanol–water partition coefficient (Wildman–Crippen LogP) is 8.78. The number of halogens is 5. The number of anilines is 2. The number of piperazine rings is 1. The third kappa shape index (κ3) is 17.2. The molecule has 0 bridgehead atoms. The summed E-state index contributed by atoms with van der Waals surface area (Å²) in [7, 11) is -11.1. The Kier molecular flexibility index (Phi) is 20.8. The molecule has 3 amide bonds. The van der Waals surface area contributed by atoms with Crippen molar-refractivity contribution < 1.29 is 53.2 Å². The number of sulfonamides is 1. The van der Waals surface area contributed by atoms with Crippen LogP contribution in [0.5, 0.6) is 0 Å². The highest BCUT2D eigenvalue weighted by Crippen LogP contribution is 2.43. The number of thioether (sulfide) groups is 1. The number of nitrogens with two attached hydrogens (primary N) is 1. The van der Waals surface area contributed by atoms with Crippen molar-refractivity contribution in [1.29, 1.82) is 0 Å². The zero-order valence-electron chi connectivity index (χ0n) is 42.6. The summed E-state index contributed by atoms with van der Waals surface area (Å²) in [6.45, 7) is 13.9. The van der Waals surface area contributed by atoms with Gasteiger partial charge in [0.15, 0.2) is 0 Å². The number of amides is 3. The number of primary amides is 1. The summed E-state index contributed by atoms with van der Waals surface area (Å²) in [6, 6.07) is 17.0. The topological polar surface area (TPSA) is 191 Å². The molecule has 0 radical (unpaired) electrons. The van der Waals surface area contributed by atoms with Crippen LogP contribution in [0, 0.1) is 11.3 Å². The van der Waals surface area contributed by atoms with Gasteiger partial charge in [0, 0.05) is 93.1 Å². The number of sulfone groups is 1. The number of hydrogen-bond acceptors (Lipinski definition) is 12. The molecule has 0 saturated carbocycles. The first kappa shape index (κ1) is 59.2. The van der Waals surface area contributed by atoms with Gasteiger partial charge < -0.3 is 26.2 Å². The molecule has 14 nitrogen and oxygen atoms in total. The molecule has 5 N–H and O–H groups in total. The first-order chi connectivity index (χ1) is 35.4. The number of alkyl halides is 5. The summed E-state index contributed by atoms with van der Waals surface area (Å²) >= 11 is 1.39. The number of unbranched alkanes of at least 4 members (excludes halogenated alkanes) is 2. The molecule has 3 aromatic carbocycles. The molecule has 2 aliphatic heterocycles. The van der Waals surface area contributed by atoms with Crippen LogP contribution < -0.4 is 26.0 Å². The summed E-state index contributed by atoms with van der Waals surface area (Å²) in [4.78, 5) is 42.5. The van der Waals surface area contributed by atoms with Crippen molar-refractivity contribution in [1.82, 2.24) is 19.8 Å². The second-order valence-corrected chi connectivity index (χ2v) is 25.1. The number of likely N-dealkylation sites (tertiary alicyclic amines) is 1. The number of carbonyl (C=O) groups excluding carboxylic acids is 3. The van der Waals surface area contributed by atoms with Crippen LogP contribution in [0.1, 0.15) is 94.8 Å². The first-order valence-corrected chi connectivity index (χ1v) is 29.4. The quantitative estimate of drug-likeness (QED) is 0.0340. The van der Waals surface area contributed by atoms with E-state index in [4.69, 9.17) is 5.73 Å². The molecule has 2 saturated heterocycles. The molecule has 2 atom stereocenters. The Balaban J connectivity index is 1.10.